The first kappa shape index (κ1) is 15.2. The van der Waals surface area contributed by atoms with Crippen LogP contribution < -0.4 is 11.1 Å². The summed E-state index contributed by atoms with van der Waals surface area (Å²) in [5.41, 5.74) is 9.47. The third-order valence-corrected chi connectivity index (χ3v) is 4.19. The van der Waals surface area contributed by atoms with Gasteiger partial charge in [-0.1, -0.05) is 11.6 Å². The fourth-order valence-electron chi connectivity index (χ4n) is 1.93. The fourth-order valence-corrected chi connectivity index (χ4v) is 2.65. The molecule has 6 heteroatoms. The molecule has 0 atom stereocenters. The van der Waals surface area contributed by atoms with Crippen LogP contribution in [0.15, 0.2) is 16.6 Å². The topological polar surface area (TPSA) is 55.9 Å². The Kier molecular flexibility index (Phi) is 4.30. The lowest BCUT2D eigenvalue weighted by atomic mass is 10.2. The molecule has 20 heavy (non-hydrogen) atoms. The largest absolute Gasteiger partial charge is 0.394 e. The molecule has 0 spiro atoms. The zero-order valence-electron chi connectivity index (χ0n) is 12.0. The number of nitrogens with one attached hydrogen (secondary N) is 1. The molecule has 0 amide bonds. The summed E-state index contributed by atoms with van der Waals surface area (Å²) in [6, 6.07) is 4.07. The molecule has 0 unspecified atom stereocenters. The normalized spacial score (nSPS) is 11.2. The Balaban J connectivity index is 2.47. The maximum atomic E-state index is 6.18. The van der Waals surface area contributed by atoms with Crippen LogP contribution in [0.4, 0.5) is 17.2 Å². The number of hydrogen-bond donors (Lipinski definition) is 2. The lowest BCUT2D eigenvalue weighted by molar-refractivity contribution is 0.536. The summed E-state index contributed by atoms with van der Waals surface area (Å²) in [4.78, 5) is 0. The lowest BCUT2D eigenvalue weighted by Gasteiger charge is -2.15. The van der Waals surface area contributed by atoms with E-state index in [1.807, 2.05) is 30.7 Å². The first-order valence-corrected chi connectivity index (χ1v) is 7.55. The van der Waals surface area contributed by atoms with Gasteiger partial charge in [-0.25, -0.2) is 4.68 Å². The molecule has 2 aromatic rings. The third kappa shape index (κ3) is 2.79. The minimum atomic E-state index is 0.216. The summed E-state index contributed by atoms with van der Waals surface area (Å²) in [5, 5.41) is 8.49. The average Bonchev–Trinajstić information content (AvgIpc) is 2.64. The molecule has 108 valence electrons. The summed E-state index contributed by atoms with van der Waals surface area (Å²) in [7, 11) is 0. The van der Waals surface area contributed by atoms with E-state index in [1.165, 1.54) is 0 Å². The first-order valence-electron chi connectivity index (χ1n) is 6.38. The molecule has 0 aliphatic carbocycles. The number of rotatable bonds is 3. The van der Waals surface area contributed by atoms with Crippen LogP contribution in [0.3, 0.4) is 0 Å². The highest BCUT2D eigenvalue weighted by Gasteiger charge is 2.16. The first-order chi connectivity index (χ1) is 9.31. The van der Waals surface area contributed by atoms with Gasteiger partial charge in [0.25, 0.3) is 0 Å². The van der Waals surface area contributed by atoms with Crippen molar-refractivity contribution in [2.24, 2.45) is 0 Å². The molecule has 1 aromatic carbocycles. The molecule has 0 saturated carbocycles. The van der Waals surface area contributed by atoms with Crippen LogP contribution in [-0.4, -0.2) is 9.78 Å². The van der Waals surface area contributed by atoms with Crippen molar-refractivity contribution in [3.05, 3.63) is 32.9 Å². The van der Waals surface area contributed by atoms with Crippen LogP contribution in [0, 0.1) is 13.8 Å². The van der Waals surface area contributed by atoms with E-state index in [2.05, 4.69) is 40.2 Å². The summed E-state index contributed by atoms with van der Waals surface area (Å²) in [6.07, 6.45) is 0. The molecule has 2 rings (SSSR count). The van der Waals surface area contributed by atoms with E-state index in [9.17, 15) is 0 Å². The van der Waals surface area contributed by atoms with Crippen LogP contribution in [0.2, 0.25) is 5.02 Å². The second-order valence-electron chi connectivity index (χ2n) is 5.09. The Morgan fingerprint density at radius 1 is 1.35 bits per heavy atom. The smallest absolute Gasteiger partial charge is 0.152 e. The summed E-state index contributed by atoms with van der Waals surface area (Å²) in [5.74, 6) is 0.790. The highest BCUT2D eigenvalue weighted by atomic mass is 79.9. The van der Waals surface area contributed by atoms with Gasteiger partial charge in [0.1, 0.15) is 0 Å². The van der Waals surface area contributed by atoms with Crippen molar-refractivity contribution in [3.63, 3.8) is 0 Å². The van der Waals surface area contributed by atoms with Crippen LogP contribution in [0.25, 0.3) is 0 Å². The molecule has 0 bridgehead atoms. The maximum Gasteiger partial charge on any atom is 0.152 e. The number of benzene rings is 1. The van der Waals surface area contributed by atoms with Gasteiger partial charge in [0.05, 0.1) is 17.1 Å². The summed E-state index contributed by atoms with van der Waals surface area (Å²) < 4.78 is 2.82. The molecular weight excluding hydrogens is 340 g/mol. The van der Waals surface area contributed by atoms with Gasteiger partial charge in [0.2, 0.25) is 0 Å². The number of nitrogen functional groups attached to an aromatic ring is 1. The van der Waals surface area contributed by atoms with Gasteiger partial charge in [0.15, 0.2) is 5.82 Å². The molecule has 0 aliphatic heterocycles. The van der Waals surface area contributed by atoms with E-state index in [1.54, 1.807) is 0 Å². The van der Waals surface area contributed by atoms with Crippen LogP contribution >= 0.6 is 27.5 Å². The number of aryl methyl sites for hydroxylation is 2. The Bertz CT molecular complexity index is 649. The minimum Gasteiger partial charge on any atom is -0.394 e. The monoisotopic (exact) mass is 356 g/mol. The quantitative estimate of drug-likeness (QED) is 0.827. The predicted molar refractivity (Wildman–Crippen MR) is 88.9 cm³/mol. The second-order valence-corrected chi connectivity index (χ2v) is 6.35. The second kappa shape index (κ2) is 5.66. The van der Waals surface area contributed by atoms with Gasteiger partial charge >= 0.3 is 0 Å². The Morgan fingerprint density at radius 2 is 2.00 bits per heavy atom. The number of halogens is 2. The molecule has 1 aromatic heterocycles. The SMILES string of the molecule is Cc1cc(Br)c(Nc2c(N)c(C)nn2C(C)C)cc1Cl. The van der Waals surface area contributed by atoms with E-state index in [0.29, 0.717) is 10.7 Å². The molecular formula is C14H18BrClN4. The van der Waals surface area contributed by atoms with Crippen molar-refractivity contribution in [2.45, 2.75) is 33.7 Å². The van der Waals surface area contributed by atoms with Gasteiger partial charge < -0.3 is 11.1 Å². The van der Waals surface area contributed by atoms with E-state index in [-0.39, 0.29) is 6.04 Å². The fraction of sp³-hybridized carbons (Fsp3) is 0.357. The zero-order valence-corrected chi connectivity index (χ0v) is 14.3. The average molecular weight is 358 g/mol. The number of anilines is 3. The Hall–Kier alpha value is -1.20. The van der Waals surface area contributed by atoms with Crippen molar-refractivity contribution in [3.8, 4) is 0 Å². The van der Waals surface area contributed by atoms with Crippen molar-refractivity contribution in [1.82, 2.24) is 9.78 Å². The van der Waals surface area contributed by atoms with Crippen LogP contribution in [0.1, 0.15) is 31.1 Å². The zero-order chi connectivity index (χ0) is 15.0. The molecule has 3 N–H and O–H groups in total. The van der Waals surface area contributed by atoms with Gasteiger partial charge in [-0.15, -0.1) is 0 Å². The molecule has 0 radical (unpaired) electrons. The van der Waals surface area contributed by atoms with Crippen LogP contribution in [0.5, 0.6) is 0 Å². The van der Waals surface area contributed by atoms with Crippen molar-refractivity contribution in [1.29, 1.82) is 0 Å². The molecule has 4 nitrogen and oxygen atoms in total. The van der Waals surface area contributed by atoms with Gasteiger partial charge in [0, 0.05) is 15.5 Å². The summed E-state index contributed by atoms with van der Waals surface area (Å²) >= 11 is 9.72. The van der Waals surface area contributed by atoms with Crippen molar-refractivity contribution < 1.29 is 0 Å². The standard InChI is InChI=1S/C14H18BrClN4/c1-7(2)20-14(13(17)9(4)19-20)18-12-6-11(16)8(3)5-10(12)15/h5-7,18H,17H2,1-4H3. The lowest BCUT2D eigenvalue weighted by Crippen LogP contribution is -2.08. The van der Waals surface area contributed by atoms with E-state index in [4.69, 9.17) is 17.3 Å². The van der Waals surface area contributed by atoms with E-state index < -0.39 is 0 Å². The highest BCUT2D eigenvalue weighted by Crippen LogP contribution is 2.34. The molecule has 0 aliphatic rings. The van der Waals surface area contributed by atoms with Crippen LogP contribution in [-0.2, 0) is 0 Å². The Labute approximate surface area is 132 Å². The van der Waals surface area contributed by atoms with Crippen molar-refractivity contribution >= 4 is 44.7 Å². The van der Waals surface area contributed by atoms with E-state index in [0.717, 1.165) is 27.2 Å². The third-order valence-electron chi connectivity index (χ3n) is 3.12. The van der Waals surface area contributed by atoms with E-state index >= 15 is 0 Å². The van der Waals surface area contributed by atoms with Gasteiger partial charge in [-0.2, -0.15) is 5.10 Å². The maximum absolute atomic E-state index is 6.18. The Morgan fingerprint density at radius 3 is 2.60 bits per heavy atom. The van der Waals surface area contributed by atoms with Gasteiger partial charge in [-0.05, 0) is 61.3 Å². The molecule has 1 heterocycles. The molecule has 0 fully saturated rings. The number of hydrogen-bond acceptors (Lipinski definition) is 3. The number of nitrogens with zero attached hydrogens (tertiary/aromatic N) is 2. The number of nitrogens with two attached hydrogens (primary N) is 1. The molecule has 0 saturated heterocycles. The summed E-state index contributed by atoms with van der Waals surface area (Å²) in [6.45, 7) is 7.99. The highest BCUT2D eigenvalue weighted by molar-refractivity contribution is 9.10. The van der Waals surface area contributed by atoms with Crippen molar-refractivity contribution in [2.75, 3.05) is 11.1 Å². The minimum absolute atomic E-state index is 0.216. The van der Waals surface area contributed by atoms with Gasteiger partial charge in [-0.3, -0.25) is 0 Å². The predicted octanol–water partition coefficient (Wildman–Crippen LogP) is 4.82. The number of aromatic nitrogens is 2.